The lowest BCUT2D eigenvalue weighted by Gasteiger charge is -2.09. The Bertz CT molecular complexity index is 665. The SMILES string of the molecule is COc1ccc(CC(=O)c2cc(C)ccc2OC)cc1F. The normalized spacial score (nSPS) is 10.3. The summed E-state index contributed by atoms with van der Waals surface area (Å²) in [5.41, 5.74) is 2.08. The molecule has 0 radical (unpaired) electrons. The average Bonchev–Trinajstić information content (AvgIpc) is 2.47. The van der Waals surface area contributed by atoms with Gasteiger partial charge in [-0.3, -0.25) is 4.79 Å². The van der Waals surface area contributed by atoms with Crippen molar-refractivity contribution in [1.29, 1.82) is 0 Å². The molecule has 2 aromatic carbocycles. The maximum absolute atomic E-state index is 13.7. The van der Waals surface area contributed by atoms with Crippen molar-refractivity contribution < 1.29 is 18.7 Å². The zero-order valence-electron chi connectivity index (χ0n) is 12.3. The van der Waals surface area contributed by atoms with Crippen LogP contribution in [0.2, 0.25) is 0 Å². The molecule has 0 heterocycles. The van der Waals surface area contributed by atoms with Crippen molar-refractivity contribution in [2.24, 2.45) is 0 Å². The van der Waals surface area contributed by atoms with Crippen LogP contribution >= 0.6 is 0 Å². The maximum Gasteiger partial charge on any atom is 0.170 e. The Hall–Kier alpha value is -2.36. The number of ketones is 1. The van der Waals surface area contributed by atoms with Crippen LogP contribution in [0.15, 0.2) is 36.4 Å². The van der Waals surface area contributed by atoms with Crippen LogP contribution in [0, 0.1) is 12.7 Å². The Balaban J connectivity index is 2.26. The van der Waals surface area contributed by atoms with Crippen LogP contribution in [-0.4, -0.2) is 20.0 Å². The lowest BCUT2D eigenvalue weighted by molar-refractivity contribution is 0.0990. The molecule has 3 nitrogen and oxygen atoms in total. The topological polar surface area (TPSA) is 35.5 Å². The van der Waals surface area contributed by atoms with Crippen molar-refractivity contribution >= 4 is 5.78 Å². The van der Waals surface area contributed by atoms with E-state index in [-0.39, 0.29) is 18.0 Å². The summed E-state index contributed by atoms with van der Waals surface area (Å²) in [4.78, 5) is 12.4. The minimum absolute atomic E-state index is 0.111. The first-order valence-electron chi connectivity index (χ1n) is 6.55. The van der Waals surface area contributed by atoms with E-state index < -0.39 is 5.82 Å². The number of ether oxygens (including phenoxy) is 2. The quantitative estimate of drug-likeness (QED) is 0.789. The number of hydrogen-bond acceptors (Lipinski definition) is 3. The van der Waals surface area contributed by atoms with Gasteiger partial charge in [0.25, 0.3) is 0 Å². The van der Waals surface area contributed by atoms with Gasteiger partial charge in [-0.15, -0.1) is 0 Å². The van der Waals surface area contributed by atoms with E-state index in [4.69, 9.17) is 9.47 Å². The molecule has 0 aliphatic rings. The smallest absolute Gasteiger partial charge is 0.170 e. The lowest BCUT2D eigenvalue weighted by atomic mass is 10.0. The molecule has 21 heavy (non-hydrogen) atoms. The summed E-state index contributed by atoms with van der Waals surface area (Å²) in [6.07, 6.45) is 0.112. The maximum atomic E-state index is 13.7. The third-order valence-electron chi connectivity index (χ3n) is 3.24. The van der Waals surface area contributed by atoms with Gasteiger partial charge >= 0.3 is 0 Å². The molecule has 0 spiro atoms. The molecule has 0 aromatic heterocycles. The van der Waals surface area contributed by atoms with Crippen LogP contribution < -0.4 is 9.47 Å². The number of aryl methyl sites for hydroxylation is 1. The van der Waals surface area contributed by atoms with Gasteiger partial charge < -0.3 is 9.47 Å². The molecular weight excluding hydrogens is 271 g/mol. The van der Waals surface area contributed by atoms with Crippen LogP contribution in [0.5, 0.6) is 11.5 Å². The van der Waals surface area contributed by atoms with Gasteiger partial charge in [0.05, 0.1) is 19.8 Å². The summed E-state index contributed by atoms with van der Waals surface area (Å²) < 4.78 is 23.7. The van der Waals surface area contributed by atoms with Crippen molar-refractivity contribution in [1.82, 2.24) is 0 Å². The number of rotatable bonds is 5. The third-order valence-corrected chi connectivity index (χ3v) is 3.24. The summed E-state index contributed by atoms with van der Waals surface area (Å²) in [6.45, 7) is 1.91. The van der Waals surface area contributed by atoms with Gasteiger partial charge in [0.1, 0.15) is 5.75 Å². The highest BCUT2D eigenvalue weighted by molar-refractivity contribution is 6.00. The second kappa shape index (κ2) is 6.39. The Kier molecular flexibility index (Phi) is 4.58. The number of halogens is 1. The fraction of sp³-hybridized carbons (Fsp3) is 0.235. The molecule has 0 amide bonds. The van der Waals surface area contributed by atoms with Crippen LogP contribution in [0.4, 0.5) is 4.39 Å². The van der Waals surface area contributed by atoms with Crippen LogP contribution in [0.3, 0.4) is 0 Å². The largest absolute Gasteiger partial charge is 0.496 e. The van der Waals surface area contributed by atoms with E-state index in [2.05, 4.69) is 0 Å². The predicted octanol–water partition coefficient (Wildman–Crippen LogP) is 3.58. The van der Waals surface area contributed by atoms with Gasteiger partial charge in [0, 0.05) is 6.42 Å². The van der Waals surface area contributed by atoms with Gasteiger partial charge in [-0.25, -0.2) is 4.39 Å². The minimum Gasteiger partial charge on any atom is -0.496 e. The Morgan fingerprint density at radius 3 is 2.33 bits per heavy atom. The van der Waals surface area contributed by atoms with Crippen molar-refractivity contribution in [3.63, 3.8) is 0 Å². The summed E-state index contributed by atoms with van der Waals surface area (Å²) in [5.74, 6) is 0.109. The van der Waals surface area contributed by atoms with E-state index in [1.165, 1.54) is 26.4 Å². The summed E-state index contributed by atoms with van der Waals surface area (Å²) in [7, 11) is 2.93. The number of hydrogen-bond donors (Lipinski definition) is 0. The predicted molar refractivity (Wildman–Crippen MR) is 78.7 cm³/mol. The Morgan fingerprint density at radius 1 is 1.05 bits per heavy atom. The van der Waals surface area contributed by atoms with E-state index in [1.807, 2.05) is 13.0 Å². The van der Waals surface area contributed by atoms with Gasteiger partial charge in [-0.2, -0.15) is 0 Å². The molecule has 0 fully saturated rings. The van der Waals surface area contributed by atoms with Crippen molar-refractivity contribution in [3.05, 3.63) is 58.9 Å². The van der Waals surface area contributed by atoms with Crippen molar-refractivity contribution in [3.8, 4) is 11.5 Å². The molecule has 2 rings (SSSR count). The number of methoxy groups -OCH3 is 2. The molecule has 0 N–H and O–H groups in total. The average molecular weight is 288 g/mol. The van der Waals surface area contributed by atoms with Gasteiger partial charge in [-0.05, 0) is 36.8 Å². The van der Waals surface area contributed by atoms with Gasteiger partial charge in [0.15, 0.2) is 17.3 Å². The van der Waals surface area contributed by atoms with E-state index in [9.17, 15) is 9.18 Å². The number of carbonyl (C=O) groups is 1. The minimum atomic E-state index is -0.473. The molecule has 0 aliphatic carbocycles. The summed E-state index contributed by atoms with van der Waals surface area (Å²) in [6, 6.07) is 9.94. The number of benzene rings is 2. The first kappa shape index (κ1) is 15.0. The van der Waals surface area contributed by atoms with E-state index >= 15 is 0 Å². The van der Waals surface area contributed by atoms with Crippen molar-refractivity contribution in [2.75, 3.05) is 14.2 Å². The molecule has 0 bridgehead atoms. The highest BCUT2D eigenvalue weighted by atomic mass is 19.1. The highest BCUT2D eigenvalue weighted by Gasteiger charge is 2.14. The number of carbonyl (C=O) groups excluding carboxylic acids is 1. The molecule has 0 saturated heterocycles. The Labute approximate surface area is 123 Å². The molecule has 0 unspecified atom stereocenters. The third kappa shape index (κ3) is 3.40. The zero-order valence-corrected chi connectivity index (χ0v) is 12.3. The van der Waals surface area contributed by atoms with Crippen LogP contribution in [0.25, 0.3) is 0 Å². The monoisotopic (exact) mass is 288 g/mol. The summed E-state index contributed by atoms with van der Waals surface area (Å²) >= 11 is 0. The molecular formula is C17H17FO3. The molecule has 2 aromatic rings. The first-order chi connectivity index (χ1) is 10.0. The molecule has 0 aliphatic heterocycles. The lowest BCUT2D eigenvalue weighted by Crippen LogP contribution is -2.06. The van der Waals surface area contributed by atoms with E-state index in [1.54, 1.807) is 18.2 Å². The molecule has 110 valence electrons. The fourth-order valence-electron chi connectivity index (χ4n) is 2.14. The fourth-order valence-corrected chi connectivity index (χ4v) is 2.14. The first-order valence-corrected chi connectivity index (χ1v) is 6.55. The molecule has 0 atom stereocenters. The second-order valence-corrected chi connectivity index (χ2v) is 4.77. The van der Waals surface area contributed by atoms with Crippen molar-refractivity contribution in [2.45, 2.75) is 13.3 Å². The second-order valence-electron chi connectivity index (χ2n) is 4.77. The van der Waals surface area contributed by atoms with Crippen LogP contribution in [0.1, 0.15) is 21.5 Å². The Morgan fingerprint density at radius 2 is 1.71 bits per heavy atom. The highest BCUT2D eigenvalue weighted by Crippen LogP contribution is 2.23. The molecule has 0 saturated carbocycles. The van der Waals surface area contributed by atoms with Gasteiger partial charge in [-0.1, -0.05) is 17.7 Å². The zero-order chi connectivity index (χ0) is 15.4. The van der Waals surface area contributed by atoms with E-state index in [0.29, 0.717) is 16.9 Å². The van der Waals surface area contributed by atoms with E-state index in [0.717, 1.165) is 5.56 Å². The standard InChI is InChI=1S/C17H17FO3/c1-11-4-6-16(20-2)13(8-11)15(19)10-12-5-7-17(21-3)14(18)9-12/h4-9H,10H2,1-3H3. The summed E-state index contributed by atoms with van der Waals surface area (Å²) in [5, 5.41) is 0. The van der Waals surface area contributed by atoms with Gasteiger partial charge in [0.2, 0.25) is 0 Å². The van der Waals surface area contributed by atoms with Crippen LogP contribution in [-0.2, 0) is 6.42 Å². The molecule has 4 heteroatoms. The number of Topliss-reactive ketones (excluding diaryl/α,β-unsaturated/α-hetero) is 1.